The van der Waals surface area contributed by atoms with Gasteiger partial charge in [0.05, 0.1) is 10.6 Å². The molecular formula is C29H34FN3O4S. The second kappa shape index (κ2) is 13.2. The molecule has 0 unspecified atom stereocenters. The van der Waals surface area contributed by atoms with Crippen LogP contribution in [0.5, 0.6) is 0 Å². The van der Waals surface area contributed by atoms with Gasteiger partial charge < -0.3 is 10.2 Å². The van der Waals surface area contributed by atoms with Crippen LogP contribution < -0.4 is 9.62 Å². The van der Waals surface area contributed by atoms with Crippen LogP contribution in [0.1, 0.15) is 38.3 Å². The number of nitrogens with one attached hydrogen (secondary N) is 1. The molecule has 1 N–H and O–H groups in total. The lowest BCUT2D eigenvalue weighted by Gasteiger charge is -2.33. The summed E-state index contributed by atoms with van der Waals surface area (Å²) >= 11 is 0. The highest BCUT2D eigenvalue weighted by Crippen LogP contribution is 2.25. The molecule has 202 valence electrons. The van der Waals surface area contributed by atoms with Gasteiger partial charge in [-0.2, -0.15) is 0 Å². The molecule has 38 heavy (non-hydrogen) atoms. The summed E-state index contributed by atoms with van der Waals surface area (Å²) in [4.78, 5) is 28.2. The van der Waals surface area contributed by atoms with Crippen molar-refractivity contribution in [1.29, 1.82) is 0 Å². The first-order chi connectivity index (χ1) is 18.2. The number of hydrogen-bond acceptors (Lipinski definition) is 4. The zero-order valence-corrected chi connectivity index (χ0v) is 22.7. The Bertz CT molecular complexity index is 1310. The van der Waals surface area contributed by atoms with Gasteiger partial charge in [-0.3, -0.25) is 13.9 Å². The van der Waals surface area contributed by atoms with E-state index in [1.807, 2.05) is 19.1 Å². The van der Waals surface area contributed by atoms with E-state index >= 15 is 0 Å². The van der Waals surface area contributed by atoms with Crippen molar-refractivity contribution >= 4 is 27.5 Å². The van der Waals surface area contributed by atoms with Gasteiger partial charge in [-0.15, -0.1) is 0 Å². The molecule has 0 saturated carbocycles. The number of aryl methyl sites for hydroxylation is 1. The summed E-state index contributed by atoms with van der Waals surface area (Å²) in [5.74, 6) is -1.31. The molecule has 0 aliphatic carbocycles. The molecule has 3 rings (SSSR count). The third-order valence-corrected chi connectivity index (χ3v) is 8.03. The number of nitrogens with zero attached hydrogens (tertiary/aromatic N) is 2. The van der Waals surface area contributed by atoms with E-state index in [2.05, 4.69) is 5.32 Å². The Labute approximate surface area is 224 Å². The van der Waals surface area contributed by atoms with E-state index in [9.17, 15) is 22.4 Å². The molecule has 7 nitrogen and oxygen atoms in total. The first kappa shape index (κ1) is 28.8. The van der Waals surface area contributed by atoms with Crippen LogP contribution in [0.2, 0.25) is 0 Å². The van der Waals surface area contributed by atoms with E-state index < -0.39 is 34.3 Å². The number of sulfonamides is 1. The average Bonchev–Trinajstić information content (AvgIpc) is 2.93. The standard InChI is InChI=1S/C29H34FN3O4S/c1-4-22-14-18-25(19-15-22)33(38(36,37)26-10-8-7-9-11-26)21-28(34)32(27(5-2)29(35)31-6-3)20-23-12-16-24(30)17-13-23/h7-19,27H,4-6,20-21H2,1-3H3,(H,31,35)/t27-/m0/s1. The predicted octanol–water partition coefficient (Wildman–Crippen LogP) is 4.53. The number of halogens is 1. The minimum absolute atomic E-state index is 0.0166. The molecule has 3 aromatic carbocycles. The van der Waals surface area contributed by atoms with Crippen LogP contribution in [-0.2, 0) is 32.6 Å². The van der Waals surface area contributed by atoms with Crippen LogP contribution in [0, 0.1) is 5.82 Å². The quantitative estimate of drug-likeness (QED) is 0.367. The summed E-state index contributed by atoms with van der Waals surface area (Å²) in [6, 6.07) is 19.7. The zero-order chi connectivity index (χ0) is 27.7. The average molecular weight is 540 g/mol. The molecule has 2 amide bonds. The summed E-state index contributed by atoms with van der Waals surface area (Å²) in [6.07, 6.45) is 1.09. The number of carbonyl (C=O) groups excluding carboxylic acids is 2. The van der Waals surface area contributed by atoms with Gasteiger partial charge in [0.15, 0.2) is 0 Å². The van der Waals surface area contributed by atoms with Crippen molar-refractivity contribution in [3.63, 3.8) is 0 Å². The van der Waals surface area contributed by atoms with Gasteiger partial charge in [0.25, 0.3) is 10.0 Å². The van der Waals surface area contributed by atoms with Crippen LogP contribution in [0.4, 0.5) is 10.1 Å². The minimum Gasteiger partial charge on any atom is -0.355 e. The van der Waals surface area contributed by atoms with E-state index in [1.54, 1.807) is 56.3 Å². The summed E-state index contributed by atoms with van der Waals surface area (Å²) in [7, 11) is -4.11. The number of benzene rings is 3. The Morgan fingerprint density at radius 3 is 2.03 bits per heavy atom. The maximum Gasteiger partial charge on any atom is 0.264 e. The highest BCUT2D eigenvalue weighted by molar-refractivity contribution is 7.92. The molecule has 0 aromatic heterocycles. The largest absolute Gasteiger partial charge is 0.355 e. The highest BCUT2D eigenvalue weighted by atomic mass is 32.2. The molecule has 0 fully saturated rings. The lowest BCUT2D eigenvalue weighted by atomic mass is 10.1. The maximum atomic E-state index is 13.9. The van der Waals surface area contributed by atoms with Gasteiger partial charge in [0, 0.05) is 13.1 Å². The van der Waals surface area contributed by atoms with E-state index in [0.717, 1.165) is 16.3 Å². The van der Waals surface area contributed by atoms with Crippen LogP contribution >= 0.6 is 0 Å². The third kappa shape index (κ3) is 6.98. The maximum absolute atomic E-state index is 13.9. The molecule has 0 heterocycles. The number of carbonyl (C=O) groups is 2. The van der Waals surface area contributed by atoms with Crippen molar-refractivity contribution < 1.29 is 22.4 Å². The van der Waals surface area contributed by atoms with Gasteiger partial charge in [-0.05, 0) is 67.3 Å². The highest BCUT2D eigenvalue weighted by Gasteiger charge is 2.33. The van der Waals surface area contributed by atoms with Gasteiger partial charge in [0.2, 0.25) is 11.8 Å². The fourth-order valence-electron chi connectivity index (χ4n) is 4.14. The topological polar surface area (TPSA) is 86.8 Å². The first-order valence-electron chi connectivity index (χ1n) is 12.7. The Morgan fingerprint density at radius 2 is 1.47 bits per heavy atom. The van der Waals surface area contributed by atoms with E-state index in [0.29, 0.717) is 24.2 Å². The predicted molar refractivity (Wildman–Crippen MR) is 147 cm³/mol. The molecular weight excluding hydrogens is 505 g/mol. The second-order valence-electron chi connectivity index (χ2n) is 8.81. The van der Waals surface area contributed by atoms with Crippen molar-refractivity contribution in [3.05, 3.63) is 95.8 Å². The van der Waals surface area contributed by atoms with Crippen LogP contribution in [-0.4, -0.2) is 44.3 Å². The fourth-order valence-corrected chi connectivity index (χ4v) is 5.58. The molecule has 9 heteroatoms. The molecule has 0 radical (unpaired) electrons. The number of likely N-dealkylation sites (N-methyl/N-ethyl adjacent to an activating group) is 1. The van der Waals surface area contributed by atoms with E-state index in [-0.39, 0.29) is 17.3 Å². The van der Waals surface area contributed by atoms with Crippen LogP contribution in [0.15, 0.2) is 83.8 Å². The Morgan fingerprint density at radius 1 is 0.868 bits per heavy atom. The lowest BCUT2D eigenvalue weighted by molar-refractivity contribution is -0.140. The number of anilines is 1. The molecule has 0 aliphatic heterocycles. The molecule has 0 spiro atoms. The second-order valence-corrected chi connectivity index (χ2v) is 10.7. The summed E-state index contributed by atoms with van der Waals surface area (Å²) in [6.45, 7) is 5.45. The van der Waals surface area contributed by atoms with Crippen molar-refractivity contribution in [2.75, 3.05) is 17.4 Å². The van der Waals surface area contributed by atoms with Gasteiger partial charge in [-0.1, -0.05) is 56.3 Å². The summed E-state index contributed by atoms with van der Waals surface area (Å²) < 4.78 is 42.1. The van der Waals surface area contributed by atoms with Crippen molar-refractivity contribution in [2.45, 2.75) is 51.1 Å². The monoisotopic (exact) mass is 539 g/mol. The third-order valence-electron chi connectivity index (χ3n) is 6.25. The number of amides is 2. The van der Waals surface area contributed by atoms with Gasteiger partial charge >= 0.3 is 0 Å². The number of hydrogen-bond donors (Lipinski definition) is 1. The van der Waals surface area contributed by atoms with Crippen molar-refractivity contribution in [1.82, 2.24) is 10.2 Å². The van der Waals surface area contributed by atoms with E-state index in [4.69, 9.17) is 0 Å². The molecule has 1 atom stereocenters. The summed E-state index contributed by atoms with van der Waals surface area (Å²) in [5.41, 5.74) is 1.98. The normalized spacial score (nSPS) is 12.0. The molecule has 0 saturated heterocycles. The van der Waals surface area contributed by atoms with Crippen LogP contribution in [0.25, 0.3) is 0 Å². The summed E-state index contributed by atoms with van der Waals surface area (Å²) in [5, 5.41) is 2.76. The SMILES string of the molecule is CCNC(=O)[C@H](CC)N(Cc1ccc(F)cc1)C(=O)CN(c1ccc(CC)cc1)S(=O)(=O)c1ccccc1. The molecule has 3 aromatic rings. The lowest BCUT2D eigenvalue weighted by Crippen LogP contribution is -2.52. The number of rotatable bonds is 12. The Balaban J connectivity index is 2.04. The van der Waals surface area contributed by atoms with Crippen LogP contribution in [0.3, 0.4) is 0 Å². The minimum atomic E-state index is -4.11. The Hall–Kier alpha value is -3.72. The van der Waals surface area contributed by atoms with Gasteiger partial charge in [0.1, 0.15) is 18.4 Å². The van der Waals surface area contributed by atoms with Gasteiger partial charge in [-0.25, -0.2) is 12.8 Å². The fraction of sp³-hybridized carbons (Fsp3) is 0.310. The van der Waals surface area contributed by atoms with Crippen molar-refractivity contribution in [2.24, 2.45) is 0 Å². The van der Waals surface area contributed by atoms with E-state index in [1.165, 1.54) is 29.2 Å². The zero-order valence-electron chi connectivity index (χ0n) is 21.9. The molecule has 0 bridgehead atoms. The first-order valence-corrected chi connectivity index (χ1v) is 14.1. The molecule has 0 aliphatic rings. The Kier molecular flexibility index (Phi) is 10.0. The smallest absolute Gasteiger partial charge is 0.264 e. The van der Waals surface area contributed by atoms with Crippen molar-refractivity contribution in [3.8, 4) is 0 Å².